The summed E-state index contributed by atoms with van der Waals surface area (Å²) in [7, 11) is 0. The van der Waals surface area contributed by atoms with Crippen LogP contribution in [0.3, 0.4) is 0 Å². The van der Waals surface area contributed by atoms with Crippen LogP contribution in [0.15, 0.2) is 18.2 Å². The van der Waals surface area contributed by atoms with E-state index in [9.17, 15) is 10.1 Å². The van der Waals surface area contributed by atoms with Crippen LogP contribution >= 0.6 is 0 Å². The van der Waals surface area contributed by atoms with Crippen LogP contribution in [-0.2, 0) is 9.53 Å². The zero-order chi connectivity index (χ0) is 14.0. The predicted molar refractivity (Wildman–Crippen MR) is 72.8 cm³/mol. The second-order valence-corrected chi connectivity index (χ2v) is 5.38. The van der Waals surface area contributed by atoms with Crippen LogP contribution < -0.4 is 0 Å². The molecule has 0 amide bonds. The van der Waals surface area contributed by atoms with Crippen LogP contribution in [0.25, 0.3) is 0 Å². The van der Waals surface area contributed by atoms with Crippen molar-refractivity contribution in [2.75, 3.05) is 6.61 Å². The fourth-order valence-corrected chi connectivity index (χ4v) is 2.50. The molecular formula is C16H19NO2. The van der Waals surface area contributed by atoms with E-state index in [0.29, 0.717) is 6.61 Å². The Labute approximate surface area is 114 Å². The summed E-state index contributed by atoms with van der Waals surface area (Å²) in [6.07, 6.45) is 0.843. The van der Waals surface area contributed by atoms with Crippen molar-refractivity contribution in [3.63, 3.8) is 0 Å². The monoisotopic (exact) mass is 257 g/mol. The van der Waals surface area contributed by atoms with Crippen LogP contribution in [-0.4, -0.2) is 18.5 Å². The SMILES string of the molecule is Cc1ccc(C(C#N)C(=O)C2COC(C)C2)cc1C. The minimum absolute atomic E-state index is 0.00453. The van der Waals surface area contributed by atoms with Crippen LogP contribution in [0.4, 0.5) is 0 Å². The maximum Gasteiger partial charge on any atom is 0.159 e. The number of nitriles is 1. The molecule has 1 heterocycles. The van der Waals surface area contributed by atoms with E-state index in [1.54, 1.807) is 0 Å². The molecule has 1 fully saturated rings. The van der Waals surface area contributed by atoms with E-state index in [-0.39, 0.29) is 17.8 Å². The number of aryl methyl sites for hydroxylation is 2. The average Bonchev–Trinajstić information content (AvgIpc) is 2.81. The number of ketones is 1. The molecule has 100 valence electrons. The summed E-state index contributed by atoms with van der Waals surface area (Å²) in [4.78, 5) is 12.4. The van der Waals surface area contributed by atoms with Crippen molar-refractivity contribution in [1.82, 2.24) is 0 Å². The first-order valence-electron chi connectivity index (χ1n) is 6.65. The number of benzene rings is 1. The molecule has 0 N–H and O–H groups in total. The number of hydrogen-bond donors (Lipinski definition) is 0. The van der Waals surface area contributed by atoms with Crippen molar-refractivity contribution in [3.8, 4) is 6.07 Å². The summed E-state index contributed by atoms with van der Waals surface area (Å²) < 4.78 is 5.43. The number of carbonyl (C=O) groups excluding carboxylic acids is 1. The van der Waals surface area contributed by atoms with Crippen LogP contribution in [0.1, 0.15) is 36.0 Å². The molecule has 0 saturated carbocycles. The van der Waals surface area contributed by atoms with Crippen LogP contribution in [0.2, 0.25) is 0 Å². The van der Waals surface area contributed by atoms with E-state index >= 15 is 0 Å². The van der Waals surface area contributed by atoms with Crippen LogP contribution in [0.5, 0.6) is 0 Å². The maximum absolute atomic E-state index is 12.4. The molecule has 3 nitrogen and oxygen atoms in total. The lowest BCUT2D eigenvalue weighted by Crippen LogP contribution is -2.21. The Morgan fingerprint density at radius 1 is 1.42 bits per heavy atom. The second-order valence-electron chi connectivity index (χ2n) is 5.38. The number of hydrogen-bond acceptors (Lipinski definition) is 3. The molecule has 2 rings (SSSR count). The van der Waals surface area contributed by atoms with Gasteiger partial charge in [-0.05, 0) is 43.9 Å². The zero-order valence-corrected chi connectivity index (χ0v) is 11.6. The quantitative estimate of drug-likeness (QED) is 0.836. The Balaban J connectivity index is 2.22. The fourth-order valence-electron chi connectivity index (χ4n) is 2.50. The molecule has 19 heavy (non-hydrogen) atoms. The maximum atomic E-state index is 12.4. The lowest BCUT2D eigenvalue weighted by molar-refractivity contribution is -0.123. The molecule has 1 aliphatic rings. The molecule has 1 aliphatic heterocycles. The first kappa shape index (κ1) is 13.8. The highest BCUT2D eigenvalue weighted by molar-refractivity contribution is 5.90. The molecule has 0 aromatic heterocycles. The van der Waals surface area contributed by atoms with E-state index in [0.717, 1.165) is 17.5 Å². The number of rotatable bonds is 3. The van der Waals surface area contributed by atoms with E-state index in [2.05, 4.69) is 6.07 Å². The lowest BCUT2D eigenvalue weighted by Gasteiger charge is -2.14. The lowest BCUT2D eigenvalue weighted by atomic mass is 9.86. The molecule has 0 spiro atoms. The van der Waals surface area contributed by atoms with Gasteiger partial charge in [0.05, 0.1) is 18.8 Å². The van der Waals surface area contributed by atoms with E-state index in [1.165, 1.54) is 5.56 Å². The Hall–Kier alpha value is -1.66. The molecule has 1 aromatic carbocycles. The number of ether oxygens (including phenoxy) is 1. The standard InChI is InChI=1S/C16H19NO2/c1-10-4-5-13(6-11(10)2)15(8-17)16(18)14-7-12(3)19-9-14/h4-6,12,14-15H,7,9H2,1-3H3. The number of nitrogens with zero attached hydrogens (tertiary/aromatic N) is 1. The highest BCUT2D eigenvalue weighted by Gasteiger charge is 2.33. The molecule has 3 unspecified atom stereocenters. The van der Waals surface area contributed by atoms with Gasteiger partial charge < -0.3 is 4.74 Å². The minimum atomic E-state index is -0.668. The van der Waals surface area contributed by atoms with Gasteiger partial charge in [0, 0.05) is 5.92 Å². The van der Waals surface area contributed by atoms with Crippen molar-refractivity contribution < 1.29 is 9.53 Å². The summed E-state index contributed by atoms with van der Waals surface area (Å²) in [5.41, 5.74) is 3.09. The van der Waals surface area contributed by atoms with Gasteiger partial charge in [0.25, 0.3) is 0 Å². The molecule has 3 heteroatoms. The van der Waals surface area contributed by atoms with E-state index in [1.807, 2.05) is 39.0 Å². The molecule has 0 radical (unpaired) electrons. The molecular weight excluding hydrogens is 238 g/mol. The normalized spacial score (nSPS) is 23.9. The van der Waals surface area contributed by atoms with Gasteiger partial charge >= 0.3 is 0 Å². The Kier molecular flexibility index (Phi) is 4.01. The summed E-state index contributed by atoms with van der Waals surface area (Å²) >= 11 is 0. The fraction of sp³-hybridized carbons (Fsp3) is 0.500. The van der Waals surface area contributed by atoms with Gasteiger partial charge in [-0.25, -0.2) is 0 Å². The number of carbonyl (C=O) groups is 1. The molecule has 0 aliphatic carbocycles. The largest absolute Gasteiger partial charge is 0.378 e. The van der Waals surface area contributed by atoms with Crippen molar-refractivity contribution in [2.45, 2.75) is 39.2 Å². The first-order valence-corrected chi connectivity index (χ1v) is 6.65. The van der Waals surface area contributed by atoms with Gasteiger partial charge in [-0.1, -0.05) is 18.2 Å². The Bertz CT molecular complexity index is 530. The summed E-state index contributed by atoms with van der Waals surface area (Å²) in [6.45, 7) is 6.43. The zero-order valence-electron chi connectivity index (χ0n) is 11.6. The number of Topliss-reactive ketones (excluding diaryl/α,β-unsaturated/α-hetero) is 1. The minimum Gasteiger partial charge on any atom is -0.378 e. The van der Waals surface area contributed by atoms with Crippen molar-refractivity contribution in [3.05, 3.63) is 34.9 Å². The van der Waals surface area contributed by atoms with Gasteiger partial charge in [-0.15, -0.1) is 0 Å². The third-order valence-corrected chi connectivity index (χ3v) is 3.88. The summed E-state index contributed by atoms with van der Waals surface area (Å²) in [6, 6.07) is 7.95. The van der Waals surface area contributed by atoms with Gasteiger partial charge in [-0.3, -0.25) is 4.79 Å². The topological polar surface area (TPSA) is 50.1 Å². The van der Waals surface area contributed by atoms with Crippen molar-refractivity contribution in [2.24, 2.45) is 5.92 Å². The summed E-state index contributed by atoms with van der Waals surface area (Å²) in [5.74, 6) is -0.811. The first-order chi connectivity index (χ1) is 9.02. The highest BCUT2D eigenvalue weighted by Crippen LogP contribution is 2.28. The highest BCUT2D eigenvalue weighted by atomic mass is 16.5. The predicted octanol–water partition coefficient (Wildman–Crippen LogP) is 2.90. The smallest absolute Gasteiger partial charge is 0.159 e. The van der Waals surface area contributed by atoms with Gasteiger partial charge in [-0.2, -0.15) is 5.26 Å². The Morgan fingerprint density at radius 3 is 2.68 bits per heavy atom. The van der Waals surface area contributed by atoms with E-state index < -0.39 is 5.92 Å². The molecule has 1 saturated heterocycles. The van der Waals surface area contributed by atoms with Gasteiger partial charge in [0.15, 0.2) is 5.78 Å². The molecule has 0 bridgehead atoms. The average molecular weight is 257 g/mol. The summed E-state index contributed by atoms with van der Waals surface area (Å²) in [5, 5.41) is 9.32. The molecule has 1 aromatic rings. The second kappa shape index (κ2) is 5.54. The van der Waals surface area contributed by atoms with Crippen molar-refractivity contribution in [1.29, 1.82) is 5.26 Å². The van der Waals surface area contributed by atoms with Crippen molar-refractivity contribution >= 4 is 5.78 Å². The van der Waals surface area contributed by atoms with Gasteiger partial charge in [0.2, 0.25) is 0 Å². The van der Waals surface area contributed by atoms with Gasteiger partial charge in [0.1, 0.15) is 5.92 Å². The third kappa shape index (κ3) is 2.85. The molecule has 3 atom stereocenters. The third-order valence-electron chi connectivity index (χ3n) is 3.88. The Morgan fingerprint density at radius 2 is 2.16 bits per heavy atom. The van der Waals surface area contributed by atoms with Crippen LogP contribution in [0, 0.1) is 31.1 Å². The van der Waals surface area contributed by atoms with E-state index in [4.69, 9.17) is 4.74 Å².